The van der Waals surface area contributed by atoms with Crippen LogP contribution in [0.1, 0.15) is 24.8 Å². The molecule has 0 spiro atoms. The molecule has 0 radical (unpaired) electrons. The second-order valence-electron chi connectivity index (χ2n) is 3.91. The molecule has 0 bridgehead atoms. The fourth-order valence-electron chi connectivity index (χ4n) is 1.39. The van der Waals surface area contributed by atoms with Crippen molar-refractivity contribution in [3.63, 3.8) is 0 Å². The lowest BCUT2D eigenvalue weighted by Crippen LogP contribution is -2.20. The predicted molar refractivity (Wildman–Crippen MR) is 66.1 cm³/mol. The molecule has 1 unspecified atom stereocenters. The third-order valence-corrected chi connectivity index (χ3v) is 3.29. The number of nitrogens with two attached hydrogens (primary N) is 1. The standard InChI is InChI=1S/C11H21N3S/c1-10(9-12)3-2-5-13-6-4-11-14-7-8-15-11/h7-8,10,13H,2-6,9,12H2,1H3. The largest absolute Gasteiger partial charge is 0.330 e. The van der Waals surface area contributed by atoms with E-state index < -0.39 is 0 Å². The van der Waals surface area contributed by atoms with Crippen molar-refractivity contribution in [1.29, 1.82) is 0 Å². The quantitative estimate of drug-likeness (QED) is 0.664. The van der Waals surface area contributed by atoms with E-state index in [4.69, 9.17) is 5.73 Å². The molecule has 0 saturated heterocycles. The second-order valence-corrected chi connectivity index (χ2v) is 4.89. The molecule has 0 aliphatic heterocycles. The van der Waals surface area contributed by atoms with Crippen LogP contribution in [0, 0.1) is 5.92 Å². The second kappa shape index (κ2) is 7.79. The van der Waals surface area contributed by atoms with Gasteiger partial charge in [0, 0.05) is 24.5 Å². The number of hydrogen-bond acceptors (Lipinski definition) is 4. The van der Waals surface area contributed by atoms with E-state index in [0.717, 1.165) is 26.1 Å². The number of thiazole rings is 1. The smallest absolute Gasteiger partial charge is 0.0937 e. The van der Waals surface area contributed by atoms with Gasteiger partial charge >= 0.3 is 0 Å². The summed E-state index contributed by atoms with van der Waals surface area (Å²) in [6, 6.07) is 0. The molecular formula is C11H21N3S. The Morgan fingerprint density at radius 2 is 2.40 bits per heavy atom. The number of aromatic nitrogens is 1. The average Bonchev–Trinajstić information content (AvgIpc) is 2.75. The van der Waals surface area contributed by atoms with Gasteiger partial charge in [0.15, 0.2) is 0 Å². The molecule has 0 aromatic carbocycles. The number of nitrogens with one attached hydrogen (secondary N) is 1. The van der Waals surface area contributed by atoms with Crippen molar-refractivity contribution in [3.8, 4) is 0 Å². The van der Waals surface area contributed by atoms with Crippen molar-refractivity contribution in [2.24, 2.45) is 11.7 Å². The molecule has 0 aliphatic rings. The molecule has 0 fully saturated rings. The highest BCUT2D eigenvalue weighted by atomic mass is 32.1. The summed E-state index contributed by atoms with van der Waals surface area (Å²) in [5.74, 6) is 0.658. The summed E-state index contributed by atoms with van der Waals surface area (Å²) >= 11 is 1.73. The molecule has 3 nitrogen and oxygen atoms in total. The Balaban J connectivity index is 1.89. The van der Waals surface area contributed by atoms with Crippen LogP contribution in [-0.4, -0.2) is 24.6 Å². The van der Waals surface area contributed by atoms with Gasteiger partial charge in [-0.2, -0.15) is 0 Å². The highest BCUT2D eigenvalue weighted by molar-refractivity contribution is 7.09. The maximum Gasteiger partial charge on any atom is 0.0937 e. The molecule has 1 aromatic heterocycles. The van der Waals surface area contributed by atoms with Crippen molar-refractivity contribution in [3.05, 3.63) is 16.6 Å². The summed E-state index contributed by atoms with van der Waals surface area (Å²) in [6.07, 6.45) is 5.35. The van der Waals surface area contributed by atoms with Gasteiger partial charge in [-0.25, -0.2) is 4.98 Å². The highest BCUT2D eigenvalue weighted by Gasteiger charge is 1.98. The summed E-state index contributed by atoms with van der Waals surface area (Å²) in [5.41, 5.74) is 5.55. The topological polar surface area (TPSA) is 50.9 Å². The fraction of sp³-hybridized carbons (Fsp3) is 0.727. The molecular weight excluding hydrogens is 206 g/mol. The van der Waals surface area contributed by atoms with Gasteiger partial charge in [0.2, 0.25) is 0 Å². The maximum atomic E-state index is 5.55. The van der Waals surface area contributed by atoms with Crippen molar-refractivity contribution in [2.45, 2.75) is 26.2 Å². The van der Waals surface area contributed by atoms with Crippen LogP contribution >= 0.6 is 11.3 Å². The van der Waals surface area contributed by atoms with E-state index in [2.05, 4.69) is 17.2 Å². The molecule has 0 amide bonds. The summed E-state index contributed by atoms with van der Waals surface area (Å²) in [7, 11) is 0. The van der Waals surface area contributed by atoms with E-state index in [1.807, 2.05) is 11.6 Å². The van der Waals surface area contributed by atoms with Crippen LogP contribution in [0.4, 0.5) is 0 Å². The zero-order chi connectivity index (χ0) is 10.9. The molecule has 15 heavy (non-hydrogen) atoms. The summed E-state index contributed by atoms with van der Waals surface area (Å²) in [4.78, 5) is 4.24. The van der Waals surface area contributed by atoms with Gasteiger partial charge in [0.05, 0.1) is 5.01 Å². The Morgan fingerprint density at radius 1 is 1.53 bits per heavy atom. The lowest BCUT2D eigenvalue weighted by atomic mass is 10.1. The Morgan fingerprint density at radius 3 is 3.07 bits per heavy atom. The molecule has 86 valence electrons. The summed E-state index contributed by atoms with van der Waals surface area (Å²) in [6.45, 7) is 5.13. The minimum absolute atomic E-state index is 0.658. The zero-order valence-corrected chi connectivity index (χ0v) is 10.2. The van der Waals surface area contributed by atoms with Crippen LogP contribution < -0.4 is 11.1 Å². The Labute approximate surface area is 96.1 Å². The van der Waals surface area contributed by atoms with Crippen LogP contribution in [0.3, 0.4) is 0 Å². The lowest BCUT2D eigenvalue weighted by molar-refractivity contribution is 0.502. The summed E-state index contributed by atoms with van der Waals surface area (Å²) < 4.78 is 0. The van der Waals surface area contributed by atoms with E-state index in [1.54, 1.807) is 11.3 Å². The minimum atomic E-state index is 0.658. The first kappa shape index (κ1) is 12.6. The van der Waals surface area contributed by atoms with Crippen molar-refractivity contribution < 1.29 is 0 Å². The third kappa shape index (κ3) is 5.87. The fourth-order valence-corrected chi connectivity index (χ4v) is 2.01. The van der Waals surface area contributed by atoms with Gasteiger partial charge in [-0.15, -0.1) is 11.3 Å². The normalized spacial score (nSPS) is 12.9. The Kier molecular flexibility index (Phi) is 6.55. The van der Waals surface area contributed by atoms with Crippen LogP contribution in [0.25, 0.3) is 0 Å². The number of rotatable bonds is 8. The van der Waals surface area contributed by atoms with E-state index in [1.165, 1.54) is 17.8 Å². The molecule has 0 saturated carbocycles. The molecule has 1 heterocycles. The number of hydrogen-bond donors (Lipinski definition) is 2. The first-order chi connectivity index (χ1) is 7.33. The van der Waals surface area contributed by atoms with E-state index in [-0.39, 0.29) is 0 Å². The van der Waals surface area contributed by atoms with E-state index >= 15 is 0 Å². The molecule has 0 aliphatic carbocycles. The van der Waals surface area contributed by atoms with Crippen LogP contribution in [-0.2, 0) is 6.42 Å². The van der Waals surface area contributed by atoms with Gasteiger partial charge in [-0.1, -0.05) is 6.92 Å². The van der Waals surface area contributed by atoms with Gasteiger partial charge in [0.25, 0.3) is 0 Å². The highest BCUT2D eigenvalue weighted by Crippen LogP contribution is 2.04. The van der Waals surface area contributed by atoms with Gasteiger partial charge in [-0.05, 0) is 31.8 Å². The van der Waals surface area contributed by atoms with Crippen LogP contribution in [0.5, 0.6) is 0 Å². The molecule has 1 atom stereocenters. The Hall–Kier alpha value is -0.450. The Bertz CT molecular complexity index is 236. The lowest BCUT2D eigenvalue weighted by Gasteiger charge is -2.08. The molecule has 3 N–H and O–H groups in total. The van der Waals surface area contributed by atoms with E-state index in [0.29, 0.717) is 5.92 Å². The van der Waals surface area contributed by atoms with Gasteiger partial charge in [0.1, 0.15) is 0 Å². The van der Waals surface area contributed by atoms with Crippen molar-refractivity contribution >= 4 is 11.3 Å². The SMILES string of the molecule is CC(CN)CCCNCCc1nccs1. The molecule has 1 aromatic rings. The average molecular weight is 227 g/mol. The maximum absolute atomic E-state index is 5.55. The monoisotopic (exact) mass is 227 g/mol. The van der Waals surface area contributed by atoms with Crippen molar-refractivity contribution in [1.82, 2.24) is 10.3 Å². The molecule has 4 heteroatoms. The van der Waals surface area contributed by atoms with Crippen LogP contribution in [0.15, 0.2) is 11.6 Å². The third-order valence-electron chi connectivity index (χ3n) is 2.45. The minimum Gasteiger partial charge on any atom is -0.330 e. The van der Waals surface area contributed by atoms with Crippen molar-refractivity contribution in [2.75, 3.05) is 19.6 Å². The van der Waals surface area contributed by atoms with Gasteiger partial charge < -0.3 is 11.1 Å². The zero-order valence-electron chi connectivity index (χ0n) is 9.41. The summed E-state index contributed by atoms with van der Waals surface area (Å²) in [5, 5.41) is 6.68. The first-order valence-corrected chi connectivity index (χ1v) is 6.50. The molecule has 1 rings (SSSR count). The number of nitrogens with zero attached hydrogens (tertiary/aromatic N) is 1. The first-order valence-electron chi connectivity index (χ1n) is 5.62. The van der Waals surface area contributed by atoms with E-state index in [9.17, 15) is 0 Å². The van der Waals surface area contributed by atoms with Gasteiger partial charge in [-0.3, -0.25) is 0 Å². The predicted octanol–water partition coefficient (Wildman–Crippen LogP) is 1.65. The van der Waals surface area contributed by atoms with Crippen LogP contribution in [0.2, 0.25) is 0 Å².